The third kappa shape index (κ3) is 8.55. The molecule has 0 aromatic heterocycles. The van der Waals surface area contributed by atoms with Crippen molar-refractivity contribution in [1.29, 1.82) is 0 Å². The number of hydrogen-bond acceptors (Lipinski definition) is 7. The zero-order valence-corrected chi connectivity index (χ0v) is 21.0. The molecule has 1 aliphatic rings. The Morgan fingerprint density at radius 1 is 1.00 bits per heavy atom. The maximum Gasteiger partial charge on any atom is 0.410 e. The van der Waals surface area contributed by atoms with Crippen LogP contribution in [0.3, 0.4) is 0 Å². The van der Waals surface area contributed by atoms with Crippen LogP contribution in [0.2, 0.25) is 0 Å². The average molecular weight is 459 g/mol. The van der Waals surface area contributed by atoms with Crippen molar-refractivity contribution in [3.05, 3.63) is 0 Å². The summed E-state index contributed by atoms with van der Waals surface area (Å²) in [6, 6.07) is -1.85. The van der Waals surface area contributed by atoms with Gasteiger partial charge in [0.25, 0.3) is 0 Å². The zero-order valence-electron chi connectivity index (χ0n) is 21.0. The first-order chi connectivity index (χ1) is 14.8. The Kier molecular flexibility index (Phi) is 10.9. The van der Waals surface area contributed by atoms with Gasteiger partial charge in [-0.3, -0.25) is 14.6 Å². The van der Waals surface area contributed by atoms with E-state index in [1.165, 1.54) is 23.9 Å². The molecule has 0 unspecified atom stereocenters. The van der Waals surface area contributed by atoms with Gasteiger partial charge in [-0.2, -0.15) is 0 Å². The number of piperazine rings is 1. The van der Waals surface area contributed by atoms with E-state index in [1.54, 1.807) is 34.8 Å². The molecule has 0 spiro atoms. The molecule has 1 saturated heterocycles. The van der Waals surface area contributed by atoms with Gasteiger partial charge < -0.3 is 24.4 Å². The van der Waals surface area contributed by atoms with Crippen LogP contribution in [-0.2, 0) is 19.1 Å². The fourth-order valence-electron chi connectivity index (χ4n) is 3.80. The van der Waals surface area contributed by atoms with Gasteiger partial charge in [0.1, 0.15) is 17.7 Å². The van der Waals surface area contributed by atoms with Gasteiger partial charge in [0.2, 0.25) is 5.91 Å². The third-order valence-electron chi connectivity index (χ3n) is 5.80. The van der Waals surface area contributed by atoms with Gasteiger partial charge in [0.05, 0.1) is 6.61 Å². The second-order valence-electron chi connectivity index (χ2n) is 9.61. The average Bonchev–Trinajstić information content (AvgIpc) is 2.70. The second kappa shape index (κ2) is 12.4. The van der Waals surface area contributed by atoms with Gasteiger partial charge in [0.15, 0.2) is 0 Å². The Morgan fingerprint density at radius 3 is 2.00 bits per heavy atom. The van der Waals surface area contributed by atoms with E-state index in [4.69, 9.17) is 9.47 Å². The van der Waals surface area contributed by atoms with Crippen LogP contribution in [0.4, 0.5) is 4.79 Å². The molecule has 10 nitrogen and oxygen atoms in total. The van der Waals surface area contributed by atoms with E-state index >= 15 is 0 Å². The van der Waals surface area contributed by atoms with Crippen molar-refractivity contribution in [2.24, 2.45) is 5.92 Å². The molecule has 1 fully saturated rings. The molecule has 1 N–H and O–H groups in total. The van der Waals surface area contributed by atoms with Crippen LogP contribution in [-0.4, -0.2) is 127 Å². The molecule has 0 bridgehead atoms. The van der Waals surface area contributed by atoms with Crippen molar-refractivity contribution in [3.8, 4) is 0 Å². The fourth-order valence-corrected chi connectivity index (χ4v) is 3.80. The number of carboxylic acids is 1. The van der Waals surface area contributed by atoms with Gasteiger partial charge >= 0.3 is 12.1 Å². The third-order valence-corrected chi connectivity index (χ3v) is 5.80. The molecule has 10 heteroatoms. The van der Waals surface area contributed by atoms with E-state index in [-0.39, 0.29) is 5.92 Å². The summed E-state index contributed by atoms with van der Waals surface area (Å²) in [6.07, 6.45) is -0.627. The van der Waals surface area contributed by atoms with Crippen LogP contribution in [0.1, 0.15) is 34.6 Å². The Hall–Kier alpha value is -1.91. The highest BCUT2D eigenvalue weighted by Gasteiger charge is 2.37. The minimum Gasteiger partial charge on any atom is -0.480 e. The first-order valence-electron chi connectivity index (χ1n) is 11.2. The van der Waals surface area contributed by atoms with Gasteiger partial charge in [-0.05, 0) is 33.6 Å². The van der Waals surface area contributed by atoms with Gasteiger partial charge in [-0.25, -0.2) is 9.59 Å². The fraction of sp³-hybridized carbons (Fsp3) is 0.864. The van der Waals surface area contributed by atoms with Crippen LogP contribution in [0.5, 0.6) is 0 Å². The maximum absolute atomic E-state index is 13.0. The number of aliphatic carboxylic acids is 1. The summed E-state index contributed by atoms with van der Waals surface area (Å²) in [5.74, 6) is -1.78. The lowest BCUT2D eigenvalue weighted by Gasteiger charge is -2.39. The Morgan fingerprint density at radius 2 is 1.53 bits per heavy atom. The van der Waals surface area contributed by atoms with E-state index in [9.17, 15) is 19.5 Å². The summed E-state index contributed by atoms with van der Waals surface area (Å²) in [5.41, 5.74) is -0.689. The number of likely N-dealkylation sites (N-methyl/N-ethyl adjacent to an activating group) is 2. The Bertz CT molecular complexity index is 630. The number of nitrogens with zero attached hydrogens (tertiary/aromatic N) is 4. The molecular weight excluding hydrogens is 416 g/mol. The molecule has 0 aromatic rings. The molecule has 1 aliphatic heterocycles. The molecule has 2 amide bonds. The number of carboxylic acid groups (broad SMARTS) is 1. The SMILES string of the molecule is COCCN1CCN(C[C@@H](C)[C@@H](C(=O)O)N(C)C(=O)[C@@H](C)N(C)C(=O)OC(C)(C)C)CC1. The lowest BCUT2D eigenvalue weighted by molar-refractivity contribution is -0.153. The molecule has 32 heavy (non-hydrogen) atoms. The molecule has 1 heterocycles. The number of amides is 2. The standard InChI is InChI=1S/C22H42N4O6/c1-16(15-26-11-9-25(10-12-26)13-14-31-8)18(20(28)29)24(7)19(27)17(2)23(6)21(30)32-22(3,4)5/h16-18H,9-15H2,1-8H3,(H,28,29)/t16-,17-,18+/m1/s1. The number of carbonyl (C=O) groups excluding carboxylic acids is 2. The van der Waals surface area contributed by atoms with E-state index in [0.717, 1.165) is 32.7 Å². The van der Waals surface area contributed by atoms with Crippen molar-refractivity contribution >= 4 is 18.0 Å². The van der Waals surface area contributed by atoms with Crippen LogP contribution in [0.15, 0.2) is 0 Å². The highest BCUT2D eigenvalue weighted by molar-refractivity contribution is 5.89. The normalized spacial score (nSPS) is 18.5. The first kappa shape index (κ1) is 28.1. The summed E-state index contributed by atoms with van der Waals surface area (Å²) < 4.78 is 10.4. The molecule has 0 aliphatic carbocycles. The molecular formula is C22H42N4O6. The van der Waals surface area contributed by atoms with Gasteiger partial charge in [-0.1, -0.05) is 6.92 Å². The van der Waals surface area contributed by atoms with E-state index in [0.29, 0.717) is 13.2 Å². The Labute approximate surface area is 192 Å². The van der Waals surface area contributed by atoms with E-state index < -0.39 is 35.7 Å². The smallest absolute Gasteiger partial charge is 0.410 e. The number of methoxy groups -OCH3 is 1. The van der Waals surface area contributed by atoms with Crippen LogP contribution < -0.4 is 0 Å². The Balaban J connectivity index is 2.73. The zero-order chi connectivity index (χ0) is 24.6. The van der Waals surface area contributed by atoms with Crippen LogP contribution in [0, 0.1) is 5.92 Å². The summed E-state index contributed by atoms with van der Waals surface area (Å²) >= 11 is 0. The van der Waals surface area contributed by atoms with Gasteiger partial charge in [0, 0.05) is 60.5 Å². The second-order valence-corrected chi connectivity index (χ2v) is 9.61. The summed E-state index contributed by atoms with van der Waals surface area (Å²) in [4.78, 5) is 44.4. The quantitative estimate of drug-likeness (QED) is 0.518. The van der Waals surface area contributed by atoms with Crippen molar-refractivity contribution in [3.63, 3.8) is 0 Å². The number of carbonyl (C=O) groups is 3. The van der Waals surface area contributed by atoms with Crippen molar-refractivity contribution in [2.75, 3.05) is 67.1 Å². The molecule has 3 atom stereocenters. The van der Waals surface area contributed by atoms with Crippen molar-refractivity contribution in [2.45, 2.75) is 52.3 Å². The number of hydrogen-bond donors (Lipinski definition) is 1. The lowest BCUT2D eigenvalue weighted by Crippen LogP contribution is -2.56. The highest BCUT2D eigenvalue weighted by Crippen LogP contribution is 2.17. The van der Waals surface area contributed by atoms with Crippen molar-refractivity contribution in [1.82, 2.24) is 19.6 Å². The van der Waals surface area contributed by atoms with Crippen molar-refractivity contribution < 1.29 is 29.0 Å². The predicted octanol–water partition coefficient (Wildman–Crippen LogP) is 1.05. The van der Waals surface area contributed by atoms with E-state index in [1.807, 2.05) is 6.92 Å². The minimum absolute atomic E-state index is 0.286. The van der Waals surface area contributed by atoms with Gasteiger partial charge in [-0.15, -0.1) is 0 Å². The summed E-state index contributed by atoms with van der Waals surface area (Å²) in [6.45, 7) is 14.3. The summed E-state index contributed by atoms with van der Waals surface area (Å²) in [5, 5.41) is 9.87. The van der Waals surface area contributed by atoms with Crippen LogP contribution in [0.25, 0.3) is 0 Å². The first-order valence-corrected chi connectivity index (χ1v) is 11.2. The molecule has 0 radical (unpaired) electrons. The number of ether oxygens (including phenoxy) is 2. The molecule has 186 valence electrons. The summed E-state index contributed by atoms with van der Waals surface area (Å²) in [7, 11) is 4.65. The predicted molar refractivity (Wildman–Crippen MR) is 122 cm³/mol. The van der Waals surface area contributed by atoms with Crippen LogP contribution >= 0.6 is 0 Å². The molecule has 1 rings (SSSR count). The van der Waals surface area contributed by atoms with E-state index in [2.05, 4.69) is 9.80 Å². The minimum atomic E-state index is -1.06. The lowest BCUT2D eigenvalue weighted by atomic mass is 9.98. The maximum atomic E-state index is 13.0. The number of rotatable bonds is 10. The largest absolute Gasteiger partial charge is 0.480 e. The topological polar surface area (TPSA) is 103 Å². The molecule has 0 saturated carbocycles. The monoisotopic (exact) mass is 458 g/mol. The highest BCUT2D eigenvalue weighted by atomic mass is 16.6. The molecule has 0 aromatic carbocycles.